The number of amides is 1. The minimum Gasteiger partial charge on any atom is -0.375 e. The second-order valence-corrected chi connectivity index (χ2v) is 8.41. The number of rotatable bonds is 6. The van der Waals surface area contributed by atoms with Gasteiger partial charge >= 0.3 is 0 Å². The predicted molar refractivity (Wildman–Crippen MR) is 118 cm³/mol. The average molecular weight is 409 g/mol. The zero-order valence-electron chi connectivity index (χ0n) is 18.1. The van der Waals surface area contributed by atoms with E-state index >= 15 is 0 Å². The normalized spacial score (nSPS) is 18.9. The molecule has 6 heteroatoms. The number of ether oxygens (including phenoxy) is 1. The highest BCUT2D eigenvalue weighted by molar-refractivity contribution is 5.77. The molecule has 1 fully saturated rings. The topological polar surface area (TPSA) is 58.6 Å². The van der Waals surface area contributed by atoms with Crippen LogP contribution in [0.4, 0.5) is 5.82 Å². The van der Waals surface area contributed by atoms with E-state index in [1.54, 1.807) is 7.11 Å². The zero-order valence-corrected chi connectivity index (χ0v) is 18.1. The minimum absolute atomic E-state index is 0.0568. The Hall–Kier alpha value is -2.47. The summed E-state index contributed by atoms with van der Waals surface area (Å²) in [6.45, 7) is 5.75. The first kappa shape index (κ1) is 20.8. The van der Waals surface area contributed by atoms with Crippen molar-refractivity contribution in [2.75, 3.05) is 44.8 Å². The fourth-order valence-corrected chi connectivity index (χ4v) is 4.65. The van der Waals surface area contributed by atoms with Crippen LogP contribution in [0.3, 0.4) is 0 Å². The van der Waals surface area contributed by atoms with E-state index in [1.807, 2.05) is 4.90 Å². The van der Waals surface area contributed by atoms with E-state index in [0.29, 0.717) is 6.54 Å². The van der Waals surface area contributed by atoms with Crippen LogP contribution in [-0.2, 0) is 22.4 Å². The van der Waals surface area contributed by atoms with Crippen molar-refractivity contribution in [1.82, 2.24) is 14.9 Å². The SMILES string of the molecule is COCC(=O)N1CCC[C@H](c2nc(C)c3c(n2)N(CCc2ccccc2)CCC3)C1. The third-order valence-corrected chi connectivity index (χ3v) is 6.28. The molecular formula is C24H32N4O2. The number of aromatic nitrogens is 2. The molecule has 1 aromatic carbocycles. The van der Waals surface area contributed by atoms with Gasteiger partial charge in [0, 0.05) is 50.5 Å². The number of nitrogens with zero attached hydrogens (tertiary/aromatic N) is 4. The molecule has 0 unspecified atom stereocenters. The van der Waals surface area contributed by atoms with Gasteiger partial charge < -0.3 is 14.5 Å². The summed E-state index contributed by atoms with van der Waals surface area (Å²) in [6.07, 6.45) is 5.22. The van der Waals surface area contributed by atoms with Crippen molar-refractivity contribution in [3.63, 3.8) is 0 Å². The Morgan fingerprint density at radius 2 is 2.00 bits per heavy atom. The van der Waals surface area contributed by atoms with Crippen molar-refractivity contribution >= 4 is 11.7 Å². The highest BCUT2D eigenvalue weighted by Gasteiger charge is 2.29. The fourth-order valence-electron chi connectivity index (χ4n) is 4.65. The molecule has 160 valence electrons. The van der Waals surface area contributed by atoms with Gasteiger partial charge in [0.05, 0.1) is 0 Å². The van der Waals surface area contributed by atoms with Crippen LogP contribution in [0, 0.1) is 6.92 Å². The van der Waals surface area contributed by atoms with E-state index in [2.05, 4.69) is 42.2 Å². The molecule has 0 aliphatic carbocycles. The first-order valence-electron chi connectivity index (χ1n) is 11.1. The first-order valence-corrected chi connectivity index (χ1v) is 11.1. The summed E-state index contributed by atoms with van der Waals surface area (Å²) in [4.78, 5) is 26.6. The van der Waals surface area contributed by atoms with Crippen LogP contribution in [0.15, 0.2) is 30.3 Å². The van der Waals surface area contributed by atoms with Crippen LogP contribution in [0.25, 0.3) is 0 Å². The van der Waals surface area contributed by atoms with Crippen molar-refractivity contribution in [2.24, 2.45) is 0 Å². The molecule has 1 saturated heterocycles. The minimum atomic E-state index is 0.0568. The molecule has 0 N–H and O–H groups in total. The van der Waals surface area contributed by atoms with Gasteiger partial charge in [-0.1, -0.05) is 30.3 Å². The molecule has 0 spiro atoms. The lowest BCUT2D eigenvalue weighted by Gasteiger charge is -2.34. The molecule has 2 aliphatic rings. The van der Waals surface area contributed by atoms with Crippen LogP contribution in [0.5, 0.6) is 0 Å². The van der Waals surface area contributed by atoms with Gasteiger partial charge in [0.15, 0.2) is 0 Å². The van der Waals surface area contributed by atoms with E-state index in [-0.39, 0.29) is 18.4 Å². The number of hydrogen-bond acceptors (Lipinski definition) is 5. The van der Waals surface area contributed by atoms with Gasteiger partial charge in [0.2, 0.25) is 5.91 Å². The van der Waals surface area contributed by atoms with Gasteiger partial charge in [-0.25, -0.2) is 9.97 Å². The fraction of sp³-hybridized carbons (Fsp3) is 0.542. The van der Waals surface area contributed by atoms with Gasteiger partial charge in [-0.2, -0.15) is 0 Å². The van der Waals surface area contributed by atoms with Crippen LogP contribution < -0.4 is 4.90 Å². The molecule has 30 heavy (non-hydrogen) atoms. The van der Waals surface area contributed by atoms with Gasteiger partial charge in [0.1, 0.15) is 18.2 Å². The summed E-state index contributed by atoms with van der Waals surface area (Å²) in [6, 6.07) is 10.6. The molecular weight excluding hydrogens is 376 g/mol. The number of fused-ring (bicyclic) bond motifs is 1. The number of carbonyl (C=O) groups is 1. The van der Waals surface area contributed by atoms with E-state index in [0.717, 1.165) is 69.1 Å². The first-order chi connectivity index (χ1) is 14.7. The number of piperidine rings is 1. The summed E-state index contributed by atoms with van der Waals surface area (Å²) < 4.78 is 5.04. The Labute approximate surface area is 179 Å². The van der Waals surface area contributed by atoms with E-state index in [1.165, 1.54) is 11.1 Å². The van der Waals surface area contributed by atoms with Gasteiger partial charge in [0.25, 0.3) is 0 Å². The number of anilines is 1. The Balaban J connectivity index is 1.53. The number of likely N-dealkylation sites (tertiary alicyclic amines) is 1. The number of methoxy groups -OCH3 is 1. The summed E-state index contributed by atoms with van der Waals surface area (Å²) in [5.74, 6) is 2.26. The van der Waals surface area contributed by atoms with Gasteiger partial charge in [-0.05, 0) is 44.6 Å². The molecule has 2 aliphatic heterocycles. The van der Waals surface area contributed by atoms with Crippen molar-refractivity contribution in [1.29, 1.82) is 0 Å². The Bertz CT molecular complexity index is 871. The number of benzene rings is 1. The summed E-state index contributed by atoms with van der Waals surface area (Å²) in [5, 5.41) is 0. The maximum Gasteiger partial charge on any atom is 0.248 e. The van der Waals surface area contributed by atoms with Gasteiger partial charge in [-0.15, -0.1) is 0 Å². The Morgan fingerprint density at radius 1 is 1.17 bits per heavy atom. The number of carbonyl (C=O) groups excluding carboxylic acids is 1. The van der Waals surface area contributed by atoms with Gasteiger partial charge in [-0.3, -0.25) is 4.79 Å². The monoisotopic (exact) mass is 408 g/mol. The van der Waals surface area contributed by atoms with E-state index in [9.17, 15) is 4.79 Å². The smallest absolute Gasteiger partial charge is 0.248 e. The van der Waals surface area contributed by atoms with Crippen LogP contribution in [0.2, 0.25) is 0 Å². The maximum absolute atomic E-state index is 12.3. The van der Waals surface area contributed by atoms with E-state index in [4.69, 9.17) is 14.7 Å². The molecule has 4 rings (SSSR count). The average Bonchev–Trinajstić information content (AvgIpc) is 2.78. The third kappa shape index (κ3) is 4.64. The quantitative estimate of drug-likeness (QED) is 0.735. The molecule has 3 heterocycles. The number of aryl methyl sites for hydroxylation is 1. The molecule has 0 radical (unpaired) electrons. The highest BCUT2D eigenvalue weighted by atomic mass is 16.5. The predicted octanol–water partition coefficient (Wildman–Crippen LogP) is 3.13. The molecule has 0 saturated carbocycles. The number of hydrogen-bond donors (Lipinski definition) is 0. The maximum atomic E-state index is 12.3. The summed E-state index contributed by atoms with van der Waals surface area (Å²) >= 11 is 0. The van der Waals surface area contributed by atoms with Crippen molar-refractivity contribution in [3.05, 3.63) is 53.0 Å². The lowest BCUT2D eigenvalue weighted by molar-refractivity contribution is -0.136. The van der Waals surface area contributed by atoms with E-state index < -0.39 is 0 Å². The molecule has 6 nitrogen and oxygen atoms in total. The standard InChI is InChI=1S/C24H32N4O2/c1-18-21-11-7-13-27(15-12-19-8-4-3-5-9-19)24(21)26-23(25-18)20-10-6-14-28(16-20)22(29)17-30-2/h3-5,8-9,20H,6-7,10-17H2,1-2H3/t20-/m0/s1. The molecule has 1 aromatic heterocycles. The largest absolute Gasteiger partial charge is 0.375 e. The second-order valence-electron chi connectivity index (χ2n) is 8.41. The lowest BCUT2D eigenvalue weighted by atomic mass is 9.96. The van der Waals surface area contributed by atoms with Crippen LogP contribution in [0.1, 0.15) is 47.8 Å². The molecule has 1 amide bonds. The second kappa shape index (κ2) is 9.56. The van der Waals surface area contributed by atoms with Crippen molar-refractivity contribution in [3.8, 4) is 0 Å². The lowest BCUT2D eigenvalue weighted by Crippen LogP contribution is -2.41. The zero-order chi connectivity index (χ0) is 20.9. The summed E-state index contributed by atoms with van der Waals surface area (Å²) in [7, 11) is 1.57. The van der Waals surface area contributed by atoms with Crippen LogP contribution >= 0.6 is 0 Å². The van der Waals surface area contributed by atoms with Crippen molar-refractivity contribution in [2.45, 2.75) is 44.9 Å². The highest BCUT2D eigenvalue weighted by Crippen LogP contribution is 2.31. The van der Waals surface area contributed by atoms with Crippen LogP contribution in [-0.4, -0.2) is 60.7 Å². The molecule has 1 atom stereocenters. The Kier molecular flexibility index (Phi) is 6.62. The molecule has 0 bridgehead atoms. The third-order valence-electron chi connectivity index (χ3n) is 6.28. The summed E-state index contributed by atoms with van der Waals surface area (Å²) in [5.41, 5.74) is 3.75. The Morgan fingerprint density at radius 3 is 2.80 bits per heavy atom. The van der Waals surface area contributed by atoms with Crippen molar-refractivity contribution < 1.29 is 9.53 Å². The molecule has 2 aromatic rings.